The summed E-state index contributed by atoms with van der Waals surface area (Å²) in [6.07, 6.45) is 0.731. The van der Waals surface area contributed by atoms with Gasteiger partial charge in [-0.05, 0) is 36.4 Å². The van der Waals surface area contributed by atoms with Gasteiger partial charge in [0.1, 0.15) is 17.2 Å². The van der Waals surface area contributed by atoms with Crippen molar-refractivity contribution in [3.8, 4) is 17.2 Å². The van der Waals surface area contributed by atoms with Crippen LogP contribution in [-0.4, -0.2) is 25.7 Å². The van der Waals surface area contributed by atoms with Gasteiger partial charge in [0.25, 0.3) is 5.91 Å². The molecule has 0 aliphatic rings. The van der Waals surface area contributed by atoms with Gasteiger partial charge in [0.15, 0.2) is 6.61 Å². The highest BCUT2D eigenvalue weighted by Crippen LogP contribution is 2.19. The van der Waals surface area contributed by atoms with Gasteiger partial charge >= 0.3 is 0 Å². The Balaban J connectivity index is 1.68. The second-order valence-electron chi connectivity index (χ2n) is 4.73. The van der Waals surface area contributed by atoms with E-state index in [0.717, 1.165) is 12.2 Å². The summed E-state index contributed by atoms with van der Waals surface area (Å²) in [7, 11) is 0. The topological polar surface area (TPSA) is 70.8 Å². The molecule has 0 radical (unpaired) electrons. The van der Waals surface area contributed by atoms with Gasteiger partial charge in [-0.2, -0.15) is 0 Å². The van der Waals surface area contributed by atoms with E-state index in [1.807, 2.05) is 18.2 Å². The van der Waals surface area contributed by atoms with Crippen molar-refractivity contribution in [1.29, 1.82) is 0 Å². The van der Waals surface area contributed by atoms with Crippen LogP contribution in [0.15, 0.2) is 48.5 Å². The third kappa shape index (κ3) is 6.48. The second kappa shape index (κ2) is 8.90. The summed E-state index contributed by atoms with van der Waals surface area (Å²) in [6, 6.07) is 14.3. The van der Waals surface area contributed by atoms with Crippen LogP contribution in [0.2, 0.25) is 5.02 Å². The van der Waals surface area contributed by atoms with E-state index in [2.05, 4.69) is 0 Å². The van der Waals surface area contributed by atoms with Crippen molar-refractivity contribution in [3.05, 3.63) is 53.6 Å². The molecule has 2 rings (SSSR count). The molecule has 0 saturated heterocycles. The first kappa shape index (κ1) is 17.0. The number of rotatable bonds is 9. The van der Waals surface area contributed by atoms with Gasteiger partial charge in [-0.1, -0.05) is 17.7 Å². The number of primary amides is 1. The molecule has 2 N–H and O–H groups in total. The van der Waals surface area contributed by atoms with Crippen LogP contribution in [0.4, 0.5) is 0 Å². The van der Waals surface area contributed by atoms with Gasteiger partial charge in [0.05, 0.1) is 13.2 Å². The highest BCUT2D eigenvalue weighted by molar-refractivity contribution is 6.30. The Bertz CT molecular complexity index is 631. The third-order valence-corrected chi connectivity index (χ3v) is 3.08. The molecule has 2 aromatic carbocycles. The lowest BCUT2D eigenvalue weighted by atomic mass is 10.3. The number of ether oxygens (including phenoxy) is 3. The number of carbonyl (C=O) groups excluding carboxylic acids is 1. The van der Waals surface area contributed by atoms with E-state index < -0.39 is 5.91 Å². The minimum atomic E-state index is -0.518. The van der Waals surface area contributed by atoms with Crippen LogP contribution < -0.4 is 19.9 Å². The number of amides is 1. The first-order valence-corrected chi connectivity index (χ1v) is 7.53. The van der Waals surface area contributed by atoms with Gasteiger partial charge < -0.3 is 19.9 Å². The molecule has 0 heterocycles. The fraction of sp³-hybridized carbons (Fsp3) is 0.235. The maximum atomic E-state index is 10.7. The summed E-state index contributed by atoms with van der Waals surface area (Å²) < 4.78 is 16.4. The molecule has 5 nitrogen and oxygen atoms in total. The average molecular weight is 336 g/mol. The smallest absolute Gasteiger partial charge is 0.255 e. The molecule has 0 aliphatic heterocycles. The number of halogens is 1. The molecular weight excluding hydrogens is 318 g/mol. The van der Waals surface area contributed by atoms with Crippen molar-refractivity contribution in [2.75, 3.05) is 19.8 Å². The van der Waals surface area contributed by atoms with Crippen molar-refractivity contribution in [1.82, 2.24) is 0 Å². The minimum absolute atomic E-state index is 0.154. The van der Waals surface area contributed by atoms with Gasteiger partial charge in [-0.25, -0.2) is 0 Å². The Labute approximate surface area is 139 Å². The fourth-order valence-corrected chi connectivity index (χ4v) is 1.90. The van der Waals surface area contributed by atoms with Gasteiger partial charge in [-0.15, -0.1) is 0 Å². The SMILES string of the molecule is NC(=O)COc1cccc(OCCCOc2ccc(Cl)cc2)c1. The molecule has 0 aliphatic carbocycles. The van der Waals surface area contributed by atoms with E-state index in [1.165, 1.54) is 0 Å². The van der Waals surface area contributed by atoms with Crippen molar-refractivity contribution >= 4 is 17.5 Å². The zero-order valence-corrected chi connectivity index (χ0v) is 13.3. The fourth-order valence-electron chi connectivity index (χ4n) is 1.78. The predicted molar refractivity (Wildman–Crippen MR) is 88.2 cm³/mol. The Morgan fingerprint density at radius 3 is 2.17 bits per heavy atom. The van der Waals surface area contributed by atoms with Crippen LogP contribution in [0.25, 0.3) is 0 Å². The lowest BCUT2D eigenvalue weighted by Crippen LogP contribution is -2.20. The Morgan fingerprint density at radius 1 is 0.913 bits per heavy atom. The summed E-state index contributed by atoms with van der Waals surface area (Å²) in [5.74, 6) is 1.46. The number of hydrogen-bond acceptors (Lipinski definition) is 4. The molecule has 122 valence electrons. The highest BCUT2D eigenvalue weighted by Gasteiger charge is 2.01. The normalized spacial score (nSPS) is 10.1. The van der Waals surface area contributed by atoms with Crippen LogP contribution in [0.1, 0.15) is 6.42 Å². The van der Waals surface area contributed by atoms with Crippen molar-refractivity contribution in [2.45, 2.75) is 6.42 Å². The third-order valence-electron chi connectivity index (χ3n) is 2.83. The monoisotopic (exact) mass is 335 g/mol. The van der Waals surface area contributed by atoms with Crippen molar-refractivity contribution < 1.29 is 19.0 Å². The Kier molecular flexibility index (Phi) is 6.56. The van der Waals surface area contributed by atoms with E-state index in [-0.39, 0.29) is 6.61 Å². The summed E-state index contributed by atoms with van der Waals surface area (Å²) >= 11 is 5.80. The predicted octanol–water partition coefficient (Wildman–Crippen LogP) is 3.05. The molecule has 0 unspecified atom stereocenters. The molecule has 0 aromatic heterocycles. The van der Waals surface area contributed by atoms with E-state index >= 15 is 0 Å². The zero-order valence-electron chi connectivity index (χ0n) is 12.5. The molecule has 0 atom stereocenters. The quantitative estimate of drug-likeness (QED) is 0.715. The average Bonchev–Trinajstić information content (AvgIpc) is 2.55. The Morgan fingerprint density at radius 2 is 1.52 bits per heavy atom. The molecule has 0 fully saturated rings. The zero-order chi connectivity index (χ0) is 16.5. The highest BCUT2D eigenvalue weighted by atomic mass is 35.5. The van der Waals surface area contributed by atoms with Gasteiger partial charge in [0, 0.05) is 17.5 Å². The lowest BCUT2D eigenvalue weighted by molar-refractivity contribution is -0.119. The summed E-state index contributed by atoms with van der Waals surface area (Å²) in [4.78, 5) is 10.7. The van der Waals surface area contributed by atoms with Crippen LogP contribution in [-0.2, 0) is 4.79 Å². The van der Waals surface area contributed by atoms with E-state index in [9.17, 15) is 4.79 Å². The molecule has 23 heavy (non-hydrogen) atoms. The van der Waals surface area contributed by atoms with Gasteiger partial charge in [-0.3, -0.25) is 4.79 Å². The number of nitrogens with two attached hydrogens (primary N) is 1. The molecule has 0 bridgehead atoms. The second-order valence-corrected chi connectivity index (χ2v) is 5.17. The summed E-state index contributed by atoms with van der Waals surface area (Å²) in [6.45, 7) is 0.894. The number of benzene rings is 2. The first-order chi connectivity index (χ1) is 11.1. The maximum Gasteiger partial charge on any atom is 0.255 e. The van der Waals surface area contributed by atoms with E-state index in [0.29, 0.717) is 29.7 Å². The first-order valence-electron chi connectivity index (χ1n) is 7.16. The molecular formula is C17H18ClNO4. The minimum Gasteiger partial charge on any atom is -0.493 e. The maximum absolute atomic E-state index is 10.7. The molecule has 0 spiro atoms. The number of carbonyl (C=O) groups is 1. The van der Waals surface area contributed by atoms with E-state index in [1.54, 1.807) is 30.3 Å². The largest absolute Gasteiger partial charge is 0.493 e. The van der Waals surface area contributed by atoms with Crippen molar-refractivity contribution in [2.24, 2.45) is 5.73 Å². The molecule has 6 heteroatoms. The number of hydrogen-bond donors (Lipinski definition) is 1. The van der Waals surface area contributed by atoms with Crippen LogP contribution in [0, 0.1) is 0 Å². The van der Waals surface area contributed by atoms with E-state index in [4.69, 9.17) is 31.5 Å². The standard InChI is InChI=1S/C17H18ClNO4/c18-13-5-7-14(8-6-13)21-9-2-10-22-15-3-1-4-16(11-15)23-12-17(19)20/h1,3-8,11H,2,9-10,12H2,(H2,19,20). The van der Waals surface area contributed by atoms with Crippen LogP contribution in [0.3, 0.4) is 0 Å². The molecule has 2 aromatic rings. The Hall–Kier alpha value is -2.40. The summed E-state index contributed by atoms with van der Waals surface area (Å²) in [5, 5.41) is 0.680. The van der Waals surface area contributed by atoms with Crippen molar-refractivity contribution in [3.63, 3.8) is 0 Å². The van der Waals surface area contributed by atoms with Crippen LogP contribution >= 0.6 is 11.6 Å². The molecule has 0 saturated carbocycles. The van der Waals surface area contributed by atoms with Gasteiger partial charge in [0.2, 0.25) is 0 Å². The summed E-state index contributed by atoms with van der Waals surface area (Å²) in [5.41, 5.74) is 5.03. The molecule has 1 amide bonds. The lowest BCUT2D eigenvalue weighted by Gasteiger charge is -2.09. The van der Waals surface area contributed by atoms with Crippen LogP contribution in [0.5, 0.6) is 17.2 Å².